The summed E-state index contributed by atoms with van der Waals surface area (Å²) >= 11 is 7.29. The molecule has 0 aromatic carbocycles. The molecule has 1 aromatic heterocycles. The van der Waals surface area contributed by atoms with Crippen molar-refractivity contribution in [1.82, 2.24) is 5.32 Å². The summed E-state index contributed by atoms with van der Waals surface area (Å²) in [6.45, 7) is 3.84. The molecule has 2 unspecified atom stereocenters. The van der Waals surface area contributed by atoms with Gasteiger partial charge in [0.1, 0.15) is 0 Å². The van der Waals surface area contributed by atoms with Crippen molar-refractivity contribution in [3.63, 3.8) is 0 Å². The van der Waals surface area contributed by atoms with E-state index in [9.17, 15) is 4.79 Å². The highest BCUT2D eigenvalue weighted by molar-refractivity contribution is 7.07. The van der Waals surface area contributed by atoms with Gasteiger partial charge in [0, 0.05) is 17.8 Å². The number of rotatable bonds is 5. The Labute approximate surface area is 99.6 Å². The quantitative estimate of drug-likeness (QED) is 0.794. The van der Waals surface area contributed by atoms with Crippen molar-refractivity contribution >= 4 is 28.8 Å². The van der Waals surface area contributed by atoms with Crippen LogP contribution >= 0.6 is 22.9 Å². The molecule has 0 spiro atoms. The van der Waals surface area contributed by atoms with Crippen molar-refractivity contribution < 1.29 is 4.79 Å². The van der Waals surface area contributed by atoms with Gasteiger partial charge in [-0.2, -0.15) is 11.3 Å². The minimum absolute atomic E-state index is 0.0349. The van der Waals surface area contributed by atoms with Gasteiger partial charge in [0.2, 0.25) is 5.91 Å². The van der Waals surface area contributed by atoms with Crippen LogP contribution in [-0.4, -0.2) is 17.8 Å². The minimum atomic E-state index is -0.114. The molecule has 1 aromatic rings. The first kappa shape index (κ1) is 12.5. The molecule has 1 rings (SSSR count). The van der Waals surface area contributed by atoms with Gasteiger partial charge in [-0.15, -0.1) is 11.6 Å². The number of alkyl halides is 1. The van der Waals surface area contributed by atoms with Gasteiger partial charge < -0.3 is 5.32 Å². The van der Waals surface area contributed by atoms with E-state index in [4.69, 9.17) is 11.6 Å². The Bertz CT molecular complexity index is 300. The zero-order chi connectivity index (χ0) is 11.3. The average molecular weight is 246 g/mol. The van der Waals surface area contributed by atoms with Gasteiger partial charge >= 0.3 is 0 Å². The van der Waals surface area contributed by atoms with Crippen LogP contribution in [-0.2, 0) is 11.2 Å². The highest BCUT2D eigenvalue weighted by Gasteiger charge is 2.14. The maximum Gasteiger partial charge on any atom is 0.224 e. The largest absolute Gasteiger partial charge is 0.353 e. The third kappa shape index (κ3) is 4.22. The number of amides is 1. The molecule has 0 bridgehead atoms. The smallest absolute Gasteiger partial charge is 0.224 e. The fourth-order valence-corrected chi connectivity index (χ4v) is 2.09. The predicted molar refractivity (Wildman–Crippen MR) is 65.5 cm³/mol. The van der Waals surface area contributed by atoms with Crippen molar-refractivity contribution in [2.45, 2.75) is 26.3 Å². The maximum atomic E-state index is 11.5. The molecule has 15 heavy (non-hydrogen) atoms. The van der Waals surface area contributed by atoms with E-state index < -0.39 is 0 Å². The standard InChI is InChI=1S/C11H16ClNOS/c1-8(6-12)11(14)13-9(2)5-10-3-4-15-7-10/h3-4,7-9H,5-6H2,1-2H3,(H,13,14). The Morgan fingerprint density at radius 3 is 2.87 bits per heavy atom. The summed E-state index contributed by atoms with van der Waals surface area (Å²) in [6.07, 6.45) is 0.879. The summed E-state index contributed by atoms with van der Waals surface area (Å²) < 4.78 is 0. The molecule has 0 aliphatic heterocycles. The number of carbonyl (C=O) groups excluding carboxylic acids is 1. The lowest BCUT2D eigenvalue weighted by molar-refractivity contribution is -0.124. The second-order valence-corrected chi connectivity index (χ2v) is 4.89. The lowest BCUT2D eigenvalue weighted by atomic mass is 10.1. The Kier molecular flexibility index (Phi) is 5.12. The molecule has 4 heteroatoms. The van der Waals surface area contributed by atoms with Gasteiger partial charge in [-0.05, 0) is 35.7 Å². The number of thiophene rings is 1. The Balaban J connectivity index is 2.36. The fraction of sp³-hybridized carbons (Fsp3) is 0.545. The summed E-state index contributed by atoms with van der Waals surface area (Å²) in [7, 11) is 0. The Morgan fingerprint density at radius 1 is 1.60 bits per heavy atom. The number of halogens is 1. The number of nitrogens with one attached hydrogen (secondary N) is 1. The van der Waals surface area contributed by atoms with E-state index in [1.807, 2.05) is 19.2 Å². The molecule has 2 atom stereocenters. The molecule has 84 valence electrons. The van der Waals surface area contributed by atoms with E-state index in [1.165, 1.54) is 5.56 Å². The summed E-state index contributed by atoms with van der Waals surface area (Å²) in [5.74, 6) is 0.293. The van der Waals surface area contributed by atoms with E-state index in [0.29, 0.717) is 5.88 Å². The average Bonchev–Trinajstić information content (AvgIpc) is 2.68. The molecule has 1 amide bonds. The molecular weight excluding hydrogens is 230 g/mol. The fourth-order valence-electron chi connectivity index (χ4n) is 1.27. The molecule has 1 heterocycles. The number of carbonyl (C=O) groups is 1. The molecule has 1 N–H and O–H groups in total. The topological polar surface area (TPSA) is 29.1 Å². The normalized spacial score (nSPS) is 14.6. The SMILES string of the molecule is CC(Cc1ccsc1)NC(=O)C(C)CCl. The van der Waals surface area contributed by atoms with Crippen LogP contribution in [0, 0.1) is 5.92 Å². The zero-order valence-electron chi connectivity index (χ0n) is 9.00. The molecule has 0 radical (unpaired) electrons. The number of hydrogen-bond donors (Lipinski definition) is 1. The first-order valence-corrected chi connectivity index (χ1v) is 6.48. The van der Waals surface area contributed by atoms with Crippen LogP contribution in [0.25, 0.3) is 0 Å². The van der Waals surface area contributed by atoms with Gasteiger partial charge in [-0.1, -0.05) is 6.92 Å². The van der Waals surface area contributed by atoms with E-state index in [-0.39, 0.29) is 17.9 Å². The van der Waals surface area contributed by atoms with Crippen molar-refractivity contribution in [1.29, 1.82) is 0 Å². The molecule has 0 saturated carbocycles. The van der Waals surface area contributed by atoms with Crippen LogP contribution in [0.2, 0.25) is 0 Å². The summed E-state index contributed by atoms with van der Waals surface area (Å²) in [5, 5.41) is 7.10. The Hall–Kier alpha value is -0.540. The van der Waals surface area contributed by atoms with E-state index in [1.54, 1.807) is 11.3 Å². The highest BCUT2D eigenvalue weighted by Crippen LogP contribution is 2.09. The van der Waals surface area contributed by atoms with Gasteiger partial charge in [0.15, 0.2) is 0 Å². The van der Waals surface area contributed by atoms with Crippen LogP contribution in [0.5, 0.6) is 0 Å². The summed E-state index contributed by atoms with van der Waals surface area (Å²) in [6, 6.07) is 2.25. The molecule has 0 aliphatic rings. The molecule has 0 saturated heterocycles. The monoisotopic (exact) mass is 245 g/mol. The van der Waals surface area contributed by atoms with Gasteiger partial charge in [-0.25, -0.2) is 0 Å². The number of hydrogen-bond acceptors (Lipinski definition) is 2. The predicted octanol–water partition coefficient (Wildman–Crippen LogP) is 2.67. The summed E-state index contributed by atoms with van der Waals surface area (Å²) in [5.41, 5.74) is 1.27. The van der Waals surface area contributed by atoms with Gasteiger partial charge in [-0.3, -0.25) is 4.79 Å². The maximum absolute atomic E-state index is 11.5. The van der Waals surface area contributed by atoms with Gasteiger partial charge in [0.05, 0.1) is 0 Å². The Morgan fingerprint density at radius 2 is 2.33 bits per heavy atom. The van der Waals surface area contributed by atoms with Crippen LogP contribution < -0.4 is 5.32 Å². The second kappa shape index (κ2) is 6.13. The lowest BCUT2D eigenvalue weighted by Gasteiger charge is -2.15. The summed E-state index contributed by atoms with van der Waals surface area (Å²) in [4.78, 5) is 11.5. The van der Waals surface area contributed by atoms with Crippen LogP contribution in [0.15, 0.2) is 16.8 Å². The second-order valence-electron chi connectivity index (χ2n) is 3.80. The van der Waals surface area contributed by atoms with Crippen molar-refractivity contribution in [2.24, 2.45) is 5.92 Å². The van der Waals surface area contributed by atoms with Crippen LogP contribution in [0.1, 0.15) is 19.4 Å². The molecule has 2 nitrogen and oxygen atoms in total. The first-order chi connectivity index (χ1) is 7.13. The van der Waals surface area contributed by atoms with E-state index >= 15 is 0 Å². The molecule has 0 fully saturated rings. The van der Waals surface area contributed by atoms with Gasteiger partial charge in [0.25, 0.3) is 0 Å². The third-order valence-corrected chi connectivity index (χ3v) is 3.38. The van der Waals surface area contributed by atoms with Crippen LogP contribution in [0.3, 0.4) is 0 Å². The van der Waals surface area contributed by atoms with Crippen molar-refractivity contribution in [3.05, 3.63) is 22.4 Å². The molecule has 0 aliphatic carbocycles. The molecular formula is C11H16ClNOS. The van der Waals surface area contributed by atoms with E-state index in [0.717, 1.165) is 6.42 Å². The zero-order valence-corrected chi connectivity index (χ0v) is 10.6. The van der Waals surface area contributed by atoms with Crippen molar-refractivity contribution in [3.8, 4) is 0 Å². The van der Waals surface area contributed by atoms with E-state index in [2.05, 4.69) is 16.8 Å². The minimum Gasteiger partial charge on any atom is -0.353 e. The first-order valence-electron chi connectivity index (χ1n) is 5.01. The lowest BCUT2D eigenvalue weighted by Crippen LogP contribution is -2.38. The van der Waals surface area contributed by atoms with Crippen LogP contribution in [0.4, 0.5) is 0 Å². The third-order valence-electron chi connectivity index (χ3n) is 2.19. The highest BCUT2D eigenvalue weighted by atomic mass is 35.5. The van der Waals surface area contributed by atoms with Crippen molar-refractivity contribution in [2.75, 3.05) is 5.88 Å².